The molecule has 6 rings (SSSR count). The van der Waals surface area contributed by atoms with Gasteiger partial charge in [0.15, 0.2) is 0 Å². The van der Waals surface area contributed by atoms with Crippen LogP contribution < -0.4 is 9.18 Å². The van der Waals surface area contributed by atoms with Gasteiger partial charge in [-0.2, -0.15) is 21.6 Å². The fourth-order valence-corrected chi connectivity index (χ4v) is 6.06. The lowest BCUT2D eigenvalue weighted by molar-refractivity contribution is -0.139. The largest absolute Gasteiger partial charge is 0.419 e. The molecule has 4 heterocycles. The van der Waals surface area contributed by atoms with E-state index in [-0.39, 0.29) is 22.0 Å². The van der Waals surface area contributed by atoms with E-state index in [1.165, 1.54) is 30.7 Å². The zero-order valence-corrected chi connectivity index (χ0v) is 23.8. The van der Waals surface area contributed by atoms with E-state index in [2.05, 4.69) is 20.1 Å². The number of rotatable bonds is 6. The molecule has 0 amide bonds. The Morgan fingerprint density at radius 2 is 1.74 bits per heavy atom. The van der Waals surface area contributed by atoms with Gasteiger partial charge in [0.05, 0.1) is 22.8 Å². The van der Waals surface area contributed by atoms with Gasteiger partial charge in [0.1, 0.15) is 28.7 Å². The van der Waals surface area contributed by atoms with Crippen molar-refractivity contribution in [2.45, 2.75) is 36.8 Å². The molecule has 0 spiro atoms. The van der Waals surface area contributed by atoms with Gasteiger partial charge < -0.3 is 9.47 Å². The third-order valence-corrected chi connectivity index (χ3v) is 8.62. The first-order chi connectivity index (χ1) is 20.4. The van der Waals surface area contributed by atoms with Crippen LogP contribution >= 0.6 is 0 Å². The van der Waals surface area contributed by atoms with Crippen molar-refractivity contribution in [3.8, 4) is 11.3 Å². The first kappa shape index (κ1) is 28.6. The van der Waals surface area contributed by atoms with Crippen LogP contribution in [0.5, 0.6) is 0 Å². The predicted octanol–water partition coefficient (Wildman–Crippen LogP) is 4.89. The highest BCUT2D eigenvalue weighted by atomic mass is 32.2. The number of nitrogens with zero attached hydrogens (tertiary/aromatic N) is 7. The number of hydrogen-bond donors (Lipinski definition) is 0. The third kappa shape index (κ3) is 5.51. The molecule has 1 aliphatic heterocycles. The summed E-state index contributed by atoms with van der Waals surface area (Å²) in [7, 11) is -2.38. The summed E-state index contributed by atoms with van der Waals surface area (Å²) in [6, 6.07) is 9.10. The number of imidazole rings is 1. The number of benzene rings is 2. The Morgan fingerprint density at radius 3 is 2.44 bits per heavy atom. The molecule has 0 N–H and O–H groups in total. The average molecular weight is 616 g/mol. The zero-order chi connectivity index (χ0) is 30.5. The highest BCUT2D eigenvalue weighted by Crippen LogP contribution is 2.36. The van der Waals surface area contributed by atoms with E-state index in [4.69, 9.17) is 4.28 Å². The molecule has 0 radical (unpaired) electrons. The topological polar surface area (TPSA) is 108 Å². The van der Waals surface area contributed by atoms with Crippen LogP contribution in [0.3, 0.4) is 0 Å². The second kappa shape index (κ2) is 10.6. The average Bonchev–Trinajstić information content (AvgIpc) is 3.56. The molecule has 0 bridgehead atoms. The molecule has 0 atom stereocenters. The van der Waals surface area contributed by atoms with Crippen LogP contribution in [0, 0.1) is 12.7 Å². The number of alkyl halides is 3. The van der Waals surface area contributed by atoms with Crippen molar-refractivity contribution in [2.75, 3.05) is 18.0 Å². The van der Waals surface area contributed by atoms with Crippen molar-refractivity contribution in [3.05, 3.63) is 84.0 Å². The molecule has 224 valence electrons. The summed E-state index contributed by atoms with van der Waals surface area (Å²) < 4.78 is 86.1. The lowest BCUT2D eigenvalue weighted by Crippen LogP contribution is -2.34. The van der Waals surface area contributed by atoms with Crippen LogP contribution in [0.1, 0.15) is 35.7 Å². The summed E-state index contributed by atoms with van der Waals surface area (Å²) >= 11 is 0. The lowest BCUT2D eigenvalue weighted by atomic mass is 9.96. The van der Waals surface area contributed by atoms with Crippen LogP contribution in [-0.4, -0.2) is 51.0 Å². The number of hydrogen-bond acceptors (Lipinski definition) is 8. The highest BCUT2D eigenvalue weighted by molar-refractivity contribution is 7.87. The van der Waals surface area contributed by atoms with Crippen LogP contribution in [0.25, 0.3) is 22.3 Å². The molecule has 1 fully saturated rings. The van der Waals surface area contributed by atoms with E-state index in [0.717, 1.165) is 22.5 Å². The molecule has 2 aromatic carbocycles. The van der Waals surface area contributed by atoms with Crippen molar-refractivity contribution in [3.63, 3.8) is 0 Å². The fourth-order valence-electron chi connectivity index (χ4n) is 5.21. The molecule has 10 nitrogen and oxygen atoms in total. The van der Waals surface area contributed by atoms with E-state index >= 15 is 0 Å². The van der Waals surface area contributed by atoms with Gasteiger partial charge in [-0.3, -0.25) is 4.28 Å². The molecule has 1 saturated heterocycles. The molecular formula is C28H25F4N7O3S. The van der Waals surface area contributed by atoms with E-state index in [1.54, 1.807) is 29.9 Å². The number of fused-ring (bicyclic) bond motifs is 1. The highest BCUT2D eigenvalue weighted by Gasteiger charge is 2.35. The maximum atomic E-state index is 13.8. The van der Waals surface area contributed by atoms with Crippen molar-refractivity contribution >= 4 is 27.0 Å². The summed E-state index contributed by atoms with van der Waals surface area (Å²) in [6.45, 7) is 2.99. The van der Waals surface area contributed by atoms with Gasteiger partial charge >= 0.3 is 16.3 Å². The Hall–Kier alpha value is -4.53. The molecule has 1 aliphatic rings. The van der Waals surface area contributed by atoms with Crippen LogP contribution in [0.4, 0.5) is 23.4 Å². The Balaban J connectivity index is 1.19. The minimum atomic E-state index is -4.81. The Morgan fingerprint density at radius 1 is 1.02 bits per heavy atom. The molecule has 43 heavy (non-hydrogen) atoms. The van der Waals surface area contributed by atoms with Crippen molar-refractivity contribution in [2.24, 2.45) is 7.05 Å². The van der Waals surface area contributed by atoms with Gasteiger partial charge in [0.2, 0.25) is 5.65 Å². The summed E-state index contributed by atoms with van der Waals surface area (Å²) in [4.78, 5) is 16.1. The minimum Gasteiger partial charge on any atom is -0.356 e. The molecular weight excluding hydrogens is 590 g/mol. The molecule has 0 unspecified atom stereocenters. The van der Waals surface area contributed by atoms with Gasteiger partial charge in [0, 0.05) is 37.8 Å². The SMILES string of the molecule is Cc1ccc(S(=O)(=O)On2ncc3c(N4CCC(c5nc(-c6ccc(F)c(C(F)(F)F)c6)cn5C)CC4)ncnc32)cc1. The smallest absolute Gasteiger partial charge is 0.356 e. The molecule has 15 heteroatoms. The second-order valence-electron chi connectivity index (χ2n) is 10.3. The Labute approximate surface area is 243 Å². The minimum absolute atomic E-state index is 0.0144. The number of anilines is 1. The van der Waals surface area contributed by atoms with Crippen LogP contribution in [0.2, 0.25) is 0 Å². The van der Waals surface area contributed by atoms with Crippen LogP contribution in [-0.2, 0) is 23.3 Å². The first-order valence-electron chi connectivity index (χ1n) is 13.3. The molecule has 0 saturated carbocycles. The standard InChI is InChI=1S/C28H25F4N7O3S/c1-17-3-6-20(7-4-17)43(40,41)42-39-27-21(14-35-39)26(33-16-34-27)38-11-9-18(10-12-38)25-36-24(15-37(25)2)19-5-8-23(29)22(13-19)28(30,31)32/h3-8,13-16,18H,9-12H2,1-2H3. The second-order valence-corrected chi connectivity index (χ2v) is 11.9. The fraction of sp³-hybridized carbons (Fsp3) is 0.286. The predicted molar refractivity (Wildman–Crippen MR) is 148 cm³/mol. The van der Waals surface area contributed by atoms with Gasteiger partial charge in [-0.1, -0.05) is 22.5 Å². The van der Waals surface area contributed by atoms with E-state index in [9.17, 15) is 26.0 Å². The van der Waals surface area contributed by atoms with Crippen LogP contribution in [0.15, 0.2) is 66.1 Å². The van der Waals surface area contributed by atoms with E-state index < -0.39 is 27.7 Å². The van der Waals surface area contributed by atoms with E-state index in [1.807, 2.05) is 11.8 Å². The Bertz CT molecular complexity index is 1910. The quantitative estimate of drug-likeness (QED) is 0.249. The summed E-state index contributed by atoms with van der Waals surface area (Å²) in [5, 5.41) is 4.60. The molecule has 5 aromatic rings. The monoisotopic (exact) mass is 615 g/mol. The van der Waals surface area contributed by atoms with Gasteiger partial charge in [0.25, 0.3) is 0 Å². The van der Waals surface area contributed by atoms with Gasteiger partial charge in [-0.15, -0.1) is 5.10 Å². The van der Waals surface area contributed by atoms with E-state index in [0.29, 0.717) is 48.7 Å². The lowest BCUT2D eigenvalue weighted by Gasteiger charge is -2.32. The maximum Gasteiger partial charge on any atom is 0.419 e. The summed E-state index contributed by atoms with van der Waals surface area (Å²) in [5.41, 5.74) is 0.272. The van der Waals surface area contributed by atoms with Crippen molar-refractivity contribution in [1.82, 2.24) is 29.5 Å². The summed E-state index contributed by atoms with van der Waals surface area (Å²) in [5.74, 6) is -0.0374. The number of aryl methyl sites for hydroxylation is 2. The molecule has 0 aliphatic carbocycles. The first-order valence-corrected chi connectivity index (χ1v) is 14.7. The van der Waals surface area contributed by atoms with Gasteiger partial charge in [-0.05, 0) is 50.1 Å². The Kier molecular flexibility index (Phi) is 7.07. The summed E-state index contributed by atoms with van der Waals surface area (Å²) in [6.07, 6.45) is 0.924. The van der Waals surface area contributed by atoms with Crippen molar-refractivity contribution in [1.29, 1.82) is 0 Å². The van der Waals surface area contributed by atoms with Crippen molar-refractivity contribution < 1.29 is 30.3 Å². The third-order valence-electron chi connectivity index (χ3n) is 7.43. The zero-order valence-electron chi connectivity index (χ0n) is 23.0. The normalized spacial score (nSPS) is 14.9. The maximum absolute atomic E-state index is 13.8. The van der Waals surface area contributed by atoms with Gasteiger partial charge in [-0.25, -0.2) is 19.3 Å². The number of piperidine rings is 1. The number of aromatic nitrogens is 6. The molecule has 3 aromatic heterocycles. The number of halogens is 4.